The first-order chi connectivity index (χ1) is 10.5. The molecule has 0 spiro atoms. The van der Waals surface area contributed by atoms with Crippen LogP contribution in [0.1, 0.15) is 5.76 Å². The number of hydrogen-bond donors (Lipinski definition) is 1. The number of nitriles is 1. The molecule has 1 amide bonds. The van der Waals surface area contributed by atoms with Gasteiger partial charge in [-0.3, -0.25) is 14.9 Å². The van der Waals surface area contributed by atoms with Gasteiger partial charge in [-0.1, -0.05) is 22.0 Å². The Morgan fingerprint density at radius 3 is 2.77 bits per heavy atom. The molecule has 0 unspecified atom stereocenters. The maximum atomic E-state index is 12.0. The Labute approximate surface area is 133 Å². The highest BCUT2D eigenvalue weighted by atomic mass is 79.9. The molecule has 0 atom stereocenters. The number of nitrogens with zero attached hydrogens (tertiary/aromatic N) is 2. The van der Waals surface area contributed by atoms with E-state index in [1.165, 1.54) is 6.07 Å². The first-order valence-corrected chi connectivity index (χ1v) is 6.72. The number of nitrogens with one attached hydrogen (secondary N) is 1. The van der Waals surface area contributed by atoms with Crippen molar-refractivity contribution in [3.8, 4) is 6.07 Å². The van der Waals surface area contributed by atoms with E-state index in [9.17, 15) is 14.9 Å². The Morgan fingerprint density at radius 1 is 1.41 bits per heavy atom. The standard InChI is InChI=1S/C14H8BrN3O4/c15-10-2-1-3-11(7-10)17-14(19)9(8-16)6-12-4-5-13(22-12)18(20)21/h1-7H,(H,17,19)/b9-6-. The molecule has 0 fully saturated rings. The maximum absolute atomic E-state index is 12.0. The Balaban J connectivity index is 2.19. The maximum Gasteiger partial charge on any atom is 0.433 e. The van der Waals surface area contributed by atoms with E-state index in [-0.39, 0.29) is 11.3 Å². The SMILES string of the molecule is N#C/C(=C/c1ccc([N+](=O)[O-])o1)C(=O)Nc1cccc(Br)c1. The molecule has 1 aromatic heterocycles. The van der Waals surface area contributed by atoms with Crippen LogP contribution in [0.3, 0.4) is 0 Å². The number of carbonyl (C=O) groups excluding carboxylic acids is 1. The zero-order valence-electron chi connectivity index (χ0n) is 10.9. The van der Waals surface area contributed by atoms with E-state index in [1.54, 1.807) is 30.3 Å². The molecule has 0 bridgehead atoms. The van der Waals surface area contributed by atoms with Crippen molar-refractivity contribution in [1.82, 2.24) is 0 Å². The second kappa shape index (κ2) is 6.69. The van der Waals surface area contributed by atoms with Gasteiger partial charge in [-0.25, -0.2) is 0 Å². The Morgan fingerprint density at radius 2 is 2.18 bits per heavy atom. The zero-order valence-corrected chi connectivity index (χ0v) is 12.5. The monoisotopic (exact) mass is 361 g/mol. The minimum atomic E-state index is -0.703. The molecular weight excluding hydrogens is 354 g/mol. The number of hydrogen-bond acceptors (Lipinski definition) is 5. The topological polar surface area (TPSA) is 109 Å². The van der Waals surface area contributed by atoms with Crippen molar-refractivity contribution in [3.05, 3.63) is 62.3 Å². The third-order valence-corrected chi connectivity index (χ3v) is 3.02. The van der Waals surface area contributed by atoms with Crippen molar-refractivity contribution >= 4 is 39.5 Å². The van der Waals surface area contributed by atoms with Crippen molar-refractivity contribution in [3.63, 3.8) is 0 Å². The number of carbonyl (C=O) groups is 1. The van der Waals surface area contributed by atoms with Crippen molar-refractivity contribution in [2.45, 2.75) is 0 Å². The van der Waals surface area contributed by atoms with E-state index in [1.807, 2.05) is 0 Å². The van der Waals surface area contributed by atoms with Crippen LogP contribution in [0.25, 0.3) is 6.08 Å². The summed E-state index contributed by atoms with van der Waals surface area (Å²) in [4.78, 5) is 21.8. The van der Waals surface area contributed by atoms with Gasteiger partial charge in [-0.15, -0.1) is 0 Å². The van der Waals surface area contributed by atoms with Crippen LogP contribution in [0, 0.1) is 21.4 Å². The molecule has 0 radical (unpaired) electrons. The molecule has 8 heteroatoms. The van der Waals surface area contributed by atoms with Crippen LogP contribution in [0.5, 0.6) is 0 Å². The largest absolute Gasteiger partial charge is 0.433 e. The Kier molecular flexibility index (Phi) is 4.70. The fourth-order valence-electron chi connectivity index (χ4n) is 1.57. The molecule has 1 aromatic carbocycles. The van der Waals surface area contributed by atoms with Gasteiger partial charge in [0.15, 0.2) is 0 Å². The lowest BCUT2D eigenvalue weighted by Crippen LogP contribution is -2.13. The normalized spacial score (nSPS) is 10.8. The Hall–Kier alpha value is -2.92. The van der Waals surface area contributed by atoms with Crippen molar-refractivity contribution < 1.29 is 14.1 Å². The van der Waals surface area contributed by atoms with E-state index in [0.29, 0.717) is 5.69 Å². The lowest BCUT2D eigenvalue weighted by Gasteiger charge is -2.04. The second-order valence-corrected chi connectivity index (χ2v) is 4.98. The minimum Gasteiger partial charge on any atom is -0.401 e. The fraction of sp³-hybridized carbons (Fsp3) is 0. The fourth-order valence-corrected chi connectivity index (χ4v) is 1.97. The van der Waals surface area contributed by atoms with Crippen molar-refractivity contribution in [1.29, 1.82) is 5.26 Å². The highest BCUT2D eigenvalue weighted by Crippen LogP contribution is 2.19. The summed E-state index contributed by atoms with van der Waals surface area (Å²) in [5.74, 6) is -1.05. The summed E-state index contributed by atoms with van der Waals surface area (Å²) in [5, 5.41) is 22.1. The van der Waals surface area contributed by atoms with Crippen LogP contribution in [-0.2, 0) is 4.79 Å². The molecule has 2 aromatic rings. The van der Waals surface area contributed by atoms with Gasteiger partial charge in [0.1, 0.15) is 22.3 Å². The number of halogens is 1. The van der Waals surface area contributed by atoms with Crippen molar-refractivity contribution in [2.24, 2.45) is 0 Å². The van der Waals surface area contributed by atoms with Crippen LogP contribution in [0.4, 0.5) is 11.6 Å². The highest BCUT2D eigenvalue weighted by molar-refractivity contribution is 9.10. The van der Waals surface area contributed by atoms with E-state index in [0.717, 1.165) is 16.6 Å². The summed E-state index contributed by atoms with van der Waals surface area (Å²) in [6.07, 6.45) is 1.14. The average Bonchev–Trinajstić information content (AvgIpc) is 2.93. The van der Waals surface area contributed by atoms with Crippen molar-refractivity contribution in [2.75, 3.05) is 5.32 Å². The minimum absolute atomic E-state index is 0.0487. The van der Waals surface area contributed by atoms with Crippen LogP contribution < -0.4 is 5.32 Å². The third kappa shape index (κ3) is 3.80. The molecule has 2 rings (SSSR count). The first-order valence-electron chi connectivity index (χ1n) is 5.92. The molecule has 0 aliphatic heterocycles. The number of anilines is 1. The molecular formula is C14H8BrN3O4. The van der Waals surface area contributed by atoms with Gasteiger partial charge < -0.3 is 9.73 Å². The van der Waals surface area contributed by atoms with Crippen LogP contribution in [0.15, 0.2) is 50.9 Å². The zero-order chi connectivity index (χ0) is 16.1. The summed E-state index contributed by atoms with van der Waals surface area (Å²) in [7, 11) is 0. The molecule has 0 aliphatic carbocycles. The van der Waals surface area contributed by atoms with Crippen LogP contribution in [0.2, 0.25) is 0 Å². The average molecular weight is 362 g/mol. The first kappa shape index (κ1) is 15.5. The van der Waals surface area contributed by atoms with Gasteiger partial charge >= 0.3 is 5.88 Å². The molecule has 7 nitrogen and oxygen atoms in total. The molecule has 22 heavy (non-hydrogen) atoms. The number of benzene rings is 1. The predicted octanol–water partition coefficient (Wildman–Crippen LogP) is 3.50. The summed E-state index contributed by atoms with van der Waals surface area (Å²) in [5.41, 5.74) is 0.273. The van der Waals surface area contributed by atoms with Crippen LogP contribution >= 0.6 is 15.9 Å². The lowest BCUT2D eigenvalue weighted by atomic mass is 10.2. The summed E-state index contributed by atoms with van der Waals surface area (Å²) in [6, 6.07) is 11.0. The highest BCUT2D eigenvalue weighted by Gasteiger charge is 2.14. The van der Waals surface area contributed by atoms with Crippen LogP contribution in [-0.4, -0.2) is 10.8 Å². The smallest absolute Gasteiger partial charge is 0.401 e. The van der Waals surface area contributed by atoms with E-state index >= 15 is 0 Å². The van der Waals surface area contributed by atoms with Gasteiger partial charge in [0, 0.05) is 16.2 Å². The molecule has 0 saturated heterocycles. The number of amides is 1. The molecule has 1 heterocycles. The molecule has 0 aliphatic rings. The predicted molar refractivity (Wildman–Crippen MR) is 81.7 cm³/mol. The van der Waals surface area contributed by atoms with Gasteiger partial charge in [0.25, 0.3) is 5.91 Å². The molecule has 110 valence electrons. The second-order valence-electron chi connectivity index (χ2n) is 4.07. The number of nitro groups is 1. The van der Waals surface area contributed by atoms with E-state index < -0.39 is 16.7 Å². The summed E-state index contributed by atoms with van der Waals surface area (Å²) >= 11 is 3.27. The summed E-state index contributed by atoms with van der Waals surface area (Å²) in [6.45, 7) is 0. The molecule has 0 saturated carbocycles. The van der Waals surface area contributed by atoms with Gasteiger partial charge in [-0.05, 0) is 24.3 Å². The number of rotatable bonds is 4. The quantitative estimate of drug-likeness (QED) is 0.387. The molecule has 1 N–H and O–H groups in total. The van der Waals surface area contributed by atoms with Gasteiger partial charge in [0.2, 0.25) is 0 Å². The van der Waals surface area contributed by atoms with Gasteiger partial charge in [-0.2, -0.15) is 5.26 Å². The number of furan rings is 1. The Bertz CT molecular complexity index is 804. The van der Waals surface area contributed by atoms with Gasteiger partial charge in [0.05, 0.1) is 6.07 Å². The lowest BCUT2D eigenvalue weighted by molar-refractivity contribution is -0.402. The third-order valence-electron chi connectivity index (χ3n) is 2.53. The summed E-state index contributed by atoms with van der Waals surface area (Å²) < 4.78 is 5.66. The van der Waals surface area contributed by atoms with E-state index in [4.69, 9.17) is 9.68 Å². The van der Waals surface area contributed by atoms with E-state index in [2.05, 4.69) is 21.2 Å².